The average molecular weight is 376 g/mol. The molecule has 23 heavy (non-hydrogen) atoms. The van der Waals surface area contributed by atoms with Gasteiger partial charge in [-0.3, -0.25) is 4.79 Å². The highest BCUT2D eigenvalue weighted by Gasteiger charge is 2.25. The number of hydrogen-bond acceptors (Lipinski definition) is 3. The second-order valence-corrected chi connectivity index (χ2v) is 6.27. The van der Waals surface area contributed by atoms with Gasteiger partial charge in [0.15, 0.2) is 6.61 Å². The lowest BCUT2D eigenvalue weighted by molar-refractivity contribution is -0.141. The number of hydrogen-bond donors (Lipinski definition) is 0. The van der Waals surface area contributed by atoms with Crippen LogP contribution >= 0.6 is 15.9 Å². The van der Waals surface area contributed by atoms with Crippen LogP contribution in [-0.2, 0) is 9.53 Å². The van der Waals surface area contributed by atoms with Gasteiger partial charge in [-0.2, -0.15) is 0 Å². The molecule has 0 N–H and O–H groups in total. The van der Waals surface area contributed by atoms with Crippen molar-refractivity contribution < 1.29 is 14.3 Å². The van der Waals surface area contributed by atoms with Crippen molar-refractivity contribution in [1.29, 1.82) is 0 Å². The molecule has 1 saturated heterocycles. The Hall–Kier alpha value is -1.85. The van der Waals surface area contributed by atoms with E-state index in [2.05, 4.69) is 15.9 Å². The monoisotopic (exact) mass is 375 g/mol. The highest BCUT2D eigenvalue weighted by molar-refractivity contribution is 9.10. The molecular weight excluding hydrogens is 358 g/mol. The number of nitrogens with zero attached hydrogens (tertiary/aromatic N) is 1. The summed E-state index contributed by atoms with van der Waals surface area (Å²) in [5.41, 5.74) is 1.08. The van der Waals surface area contributed by atoms with Gasteiger partial charge in [0.1, 0.15) is 11.9 Å². The van der Waals surface area contributed by atoms with Crippen molar-refractivity contribution in [3.05, 3.63) is 64.6 Å². The molecule has 1 aliphatic rings. The summed E-state index contributed by atoms with van der Waals surface area (Å²) in [6, 6.07) is 17.4. The van der Waals surface area contributed by atoms with Gasteiger partial charge in [0, 0.05) is 11.0 Å². The zero-order chi connectivity index (χ0) is 16.1. The van der Waals surface area contributed by atoms with Gasteiger partial charge in [-0.15, -0.1) is 0 Å². The van der Waals surface area contributed by atoms with E-state index in [4.69, 9.17) is 9.47 Å². The SMILES string of the molecule is O=C(COc1ccccc1)N1CCOC(c2ccc(Br)cc2)C1. The van der Waals surface area contributed by atoms with E-state index in [1.807, 2.05) is 54.6 Å². The number of carbonyl (C=O) groups is 1. The number of rotatable bonds is 4. The Morgan fingerprint density at radius 2 is 1.91 bits per heavy atom. The van der Waals surface area contributed by atoms with Crippen molar-refractivity contribution in [3.63, 3.8) is 0 Å². The van der Waals surface area contributed by atoms with Crippen LogP contribution in [0.25, 0.3) is 0 Å². The minimum atomic E-state index is -0.0856. The third kappa shape index (κ3) is 4.33. The number of ether oxygens (including phenoxy) is 2. The first-order chi connectivity index (χ1) is 11.2. The summed E-state index contributed by atoms with van der Waals surface area (Å²) in [5, 5.41) is 0. The Morgan fingerprint density at radius 1 is 1.17 bits per heavy atom. The van der Waals surface area contributed by atoms with Crippen LogP contribution in [0.4, 0.5) is 0 Å². The fourth-order valence-corrected chi connectivity index (χ4v) is 2.77. The quantitative estimate of drug-likeness (QED) is 0.821. The molecule has 1 atom stereocenters. The fourth-order valence-electron chi connectivity index (χ4n) is 2.51. The summed E-state index contributed by atoms with van der Waals surface area (Å²) >= 11 is 3.43. The van der Waals surface area contributed by atoms with Crippen LogP contribution in [0.15, 0.2) is 59.1 Å². The van der Waals surface area contributed by atoms with Crippen molar-refractivity contribution >= 4 is 21.8 Å². The molecule has 120 valence electrons. The summed E-state index contributed by atoms with van der Waals surface area (Å²) in [7, 11) is 0. The van der Waals surface area contributed by atoms with Crippen LogP contribution in [0.1, 0.15) is 11.7 Å². The lowest BCUT2D eigenvalue weighted by Gasteiger charge is -2.33. The van der Waals surface area contributed by atoms with Gasteiger partial charge >= 0.3 is 0 Å². The number of halogens is 1. The zero-order valence-corrected chi connectivity index (χ0v) is 14.2. The summed E-state index contributed by atoms with van der Waals surface area (Å²) in [4.78, 5) is 14.1. The van der Waals surface area contributed by atoms with Crippen LogP contribution in [0.3, 0.4) is 0 Å². The first kappa shape index (κ1) is 16.0. The number of morpholine rings is 1. The van der Waals surface area contributed by atoms with Crippen LogP contribution in [0, 0.1) is 0 Å². The highest BCUT2D eigenvalue weighted by atomic mass is 79.9. The Kier molecular flexibility index (Phi) is 5.31. The van der Waals surface area contributed by atoms with Gasteiger partial charge in [-0.25, -0.2) is 0 Å². The van der Waals surface area contributed by atoms with Crippen molar-refractivity contribution in [2.45, 2.75) is 6.10 Å². The molecule has 3 rings (SSSR count). The number of benzene rings is 2. The minimum absolute atomic E-state index is 0.0146. The van der Waals surface area contributed by atoms with Crippen molar-refractivity contribution in [1.82, 2.24) is 4.90 Å². The number of amides is 1. The zero-order valence-electron chi connectivity index (χ0n) is 12.7. The Bertz CT molecular complexity index is 645. The molecule has 5 heteroatoms. The smallest absolute Gasteiger partial charge is 0.260 e. The minimum Gasteiger partial charge on any atom is -0.484 e. The normalized spacial score (nSPS) is 17.8. The summed E-state index contributed by atoms with van der Waals surface area (Å²) in [6.45, 7) is 1.75. The second-order valence-electron chi connectivity index (χ2n) is 5.35. The van der Waals surface area contributed by atoms with Gasteiger partial charge in [0.25, 0.3) is 5.91 Å². The predicted octanol–water partition coefficient (Wildman–Crippen LogP) is 3.43. The summed E-state index contributed by atoms with van der Waals surface area (Å²) < 4.78 is 12.4. The van der Waals surface area contributed by atoms with E-state index in [-0.39, 0.29) is 18.6 Å². The Labute approximate surface area is 144 Å². The summed E-state index contributed by atoms with van der Waals surface area (Å²) in [6.07, 6.45) is -0.0856. The Balaban J connectivity index is 1.57. The molecule has 0 saturated carbocycles. The molecule has 0 radical (unpaired) electrons. The maximum atomic E-state index is 12.3. The molecule has 0 bridgehead atoms. The van der Waals surface area contributed by atoms with Gasteiger partial charge in [0.05, 0.1) is 13.2 Å². The van der Waals surface area contributed by atoms with Crippen LogP contribution in [0.5, 0.6) is 5.75 Å². The first-order valence-corrected chi connectivity index (χ1v) is 8.34. The van der Waals surface area contributed by atoms with E-state index in [0.29, 0.717) is 25.4 Å². The molecule has 0 aromatic heterocycles. The lowest BCUT2D eigenvalue weighted by Crippen LogP contribution is -2.44. The molecule has 1 fully saturated rings. The summed E-state index contributed by atoms with van der Waals surface area (Å²) in [5.74, 6) is 0.692. The van der Waals surface area contributed by atoms with E-state index >= 15 is 0 Å². The molecule has 0 spiro atoms. The van der Waals surface area contributed by atoms with E-state index in [1.54, 1.807) is 4.90 Å². The van der Waals surface area contributed by atoms with Crippen LogP contribution in [0.2, 0.25) is 0 Å². The van der Waals surface area contributed by atoms with E-state index in [0.717, 1.165) is 10.0 Å². The average Bonchev–Trinajstić information content (AvgIpc) is 2.61. The standard InChI is InChI=1S/C18H18BrNO3/c19-15-8-6-14(7-9-15)17-12-20(10-11-22-17)18(21)13-23-16-4-2-1-3-5-16/h1-9,17H,10-13H2. The molecular formula is C18H18BrNO3. The molecule has 2 aromatic rings. The third-order valence-electron chi connectivity index (χ3n) is 3.77. The number of para-hydroxylation sites is 1. The van der Waals surface area contributed by atoms with Gasteiger partial charge in [-0.1, -0.05) is 46.3 Å². The maximum Gasteiger partial charge on any atom is 0.260 e. The first-order valence-electron chi connectivity index (χ1n) is 7.55. The third-order valence-corrected chi connectivity index (χ3v) is 4.30. The molecule has 2 aromatic carbocycles. The van der Waals surface area contributed by atoms with Gasteiger partial charge in [-0.05, 0) is 29.8 Å². The number of carbonyl (C=O) groups excluding carboxylic acids is 1. The Morgan fingerprint density at radius 3 is 2.65 bits per heavy atom. The lowest BCUT2D eigenvalue weighted by atomic mass is 10.1. The molecule has 1 amide bonds. The molecule has 1 unspecified atom stereocenters. The molecule has 1 aliphatic heterocycles. The van der Waals surface area contributed by atoms with E-state index < -0.39 is 0 Å². The maximum absolute atomic E-state index is 12.3. The molecule has 1 heterocycles. The highest BCUT2D eigenvalue weighted by Crippen LogP contribution is 2.24. The van der Waals surface area contributed by atoms with Crippen LogP contribution in [-0.4, -0.2) is 37.1 Å². The topological polar surface area (TPSA) is 38.8 Å². The fraction of sp³-hybridized carbons (Fsp3) is 0.278. The van der Waals surface area contributed by atoms with Gasteiger partial charge < -0.3 is 14.4 Å². The van der Waals surface area contributed by atoms with Gasteiger partial charge in [0.2, 0.25) is 0 Å². The molecule has 4 nitrogen and oxygen atoms in total. The van der Waals surface area contributed by atoms with Crippen molar-refractivity contribution in [3.8, 4) is 5.75 Å². The van der Waals surface area contributed by atoms with E-state index in [9.17, 15) is 4.79 Å². The van der Waals surface area contributed by atoms with Crippen molar-refractivity contribution in [2.24, 2.45) is 0 Å². The largest absolute Gasteiger partial charge is 0.484 e. The van der Waals surface area contributed by atoms with Crippen molar-refractivity contribution in [2.75, 3.05) is 26.3 Å². The molecule has 0 aliphatic carbocycles. The second kappa shape index (κ2) is 7.62. The van der Waals surface area contributed by atoms with E-state index in [1.165, 1.54) is 0 Å². The van der Waals surface area contributed by atoms with Crippen LogP contribution < -0.4 is 4.74 Å². The predicted molar refractivity (Wildman–Crippen MR) is 91.4 cm³/mol.